The largest absolute Gasteiger partial charge is 0.301 e. The summed E-state index contributed by atoms with van der Waals surface area (Å²) in [5, 5.41) is 0.260. The molecule has 24 heavy (non-hydrogen) atoms. The van der Waals surface area contributed by atoms with Crippen molar-refractivity contribution in [1.82, 2.24) is 14.6 Å². The molecule has 130 valence electrons. The maximum absolute atomic E-state index is 12.4. The van der Waals surface area contributed by atoms with Gasteiger partial charge < -0.3 is 4.90 Å². The number of nitrogens with zero attached hydrogens (tertiary/aromatic N) is 2. The number of aromatic nitrogens is 1. The minimum absolute atomic E-state index is 0.0639. The van der Waals surface area contributed by atoms with Gasteiger partial charge in [-0.05, 0) is 43.8 Å². The number of halogens is 1. The Balaban J connectivity index is 2.14. The first kappa shape index (κ1) is 18.9. The number of hydrogen-bond acceptors (Lipinski definition) is 4. The van der Waals surface area contributed by atoms with Gasteiger partial charge in [0.25, 0.3) is 0 Å². The molecule has 0 saturated heterocycles. The Bertz CT molecular complexity index is 759. The lowest BCUT2D eigenvalue weighted by Gasteiger charge is -2.25. The van der Waals surface area contributed by atoms with Crippen LogP contribution >= 0.6 is 11.6 Å². The third kappa shape index (κ3) is 4.77. The van der Waals surface area contributed by atoms with E-state index in [1.54, 1.807) is 0 Å². The second-order valence-electron chi connectivity index (χ2n) is 5.74. The van der Waals surface area contributed by atoms with Gasteiger partial charge in [-0.2, -0.15) is 0 Å². The van der Waals surface area contributed by atoms with E-state index in [4.69, 9.17) is 11.6 Å². The molecular weight excluding hydrogens is 346 g/mol. The third-order valence-corrected chi connectivity index (χ3v) is 5.51. The fraction of sp³-hybridized carbons (Fsp3) is 0.353. The van der Waals surface area contributed by atoms with Crippen molar-refractivity contribution < 1.29 is 8.42 Å². The van der Waals surface area contributed by atoms with Gasteiger partial charge in [-0.25, -0.2) is 18.1 Å². The van der Waals surface area contributed by atoms with Crippen LogP contribution in [0, 0.1) is 0 Å². The molecule has 0 radical (unpaired) electrons. The topological polar surface area (TPSA) is 62.3 Å². The molecule has 1 unspecified atom stereocenters. The first-order chi connectivity index (χ1) is 11.3. The molecule has 0 aliphatic heterocycles. The van der Waals surface area contributed by atoms with Crippen LogP contribution in [0.25, 0.3) is 0 Å². The molecular formula is C17H22ClN3O2S. The van der Waals surface area contributed by atoms with Crippen molar-refractivity contribution in [2.75, 3.05) is 20.6 Å². The standard InChI is InChI=1S/C17H22ClN3O2S/c1-4-13-5-7-14(8-6-13)16(21(2)3)12-20-24(22,23)15-9-10-17(18)19-11-15/h5-11,16,20H,4,12H2,1-3H3. The molecule has 0 aliphatic rings. The van der Waals surface area contributed by atoms with Crippen LogP contribution in [-0.4, -0.2) is 38.9 Å². The minimum atomic E-state index is -3.62. The number of rotatable bonds is 7. The highest BCUT2D eigenvalue weighted by molar-refractivity contribution is 7.89. The molecule has 0 aliphatic carbocycles. The second kappa shape index (κ2) is 8.07. The Labute approximate surface area is 148 Å². The number of benzene rings is 1. The van der Waals surface area contributed by atoms with E-state index in [9.17, 15) is 8.42 Å². The summed E-state index contributed by atoms with van der Waals surface area (Å²) in [5.74, 6) is 0. The fourth-order valence-electron chi connectivity index (χ4n) is 2.37. The zero-order valence-corrected chi connectivity index (χ0v) is 15.6. The Morgan fingerprint density at radius 1 is 1.17 bits per heavy atom. The first-order valence-corrected chi connectivity index (χ1v) is 9.56. The van der Waals surface area contributed by atoms with Crippen LogP contribution in [-0.2, 0) is 16.4 Å². The zero-order chi connectivity index (χ0) is 17.7. The Hall–Kier alpha value is -1.47. The number of nitrogens with one attached hydrogen (secondary N) is 1. The van der Waals surface area contributed by atoms with Gasteiger partial charge in [0.2, 0.25) is 10.0 Å². The van der Waals surface area contributed by atoms with E-state index in [0.29, 0.717) is 0 Å². The monoisotopic (exact) mass is 367 g/mol. The number of pyridine rings is 1. The predicted molar refractivity (Wildman–Crippen MR) is 96.7 cm³/mol. The van der Waals surface area contributed by atoms with E-state index in [1.165, 1.54) is 23.9 Å². The highest BCUT2D eigenvalue weighted by Gasteiger charge is 2.20. The van der Waals surface area contributed by atoms with Crippen LogP contribution < -0.4 is 4.72 Å². The fourth-order valence-corrected chi connectivity index (χ4v) is 3.46. The smallest absolute Gasteiger partial charge is 0.242 e. The quantitative estimate of drug-likeness (QED) is 0.764. The minimum Gasteiger partial charge on any atom is -0.301 e. The molecule has 0 fully saturated rings. The number of aryl methyl sites for hydroxylation is 1. The van der Waals surface area contributed by atoms with E-state index in [1.807, 2.05) is 31.1 Å². The number of hydrogen-bond donors (Lipinski definition) is 1. The predicted octanol–water partition coefficient (Wildman–Crippen LogP) is 2.88. The van der Waals surface area contributed by atoms with Crippen LogP contribution in [0.3, 0.4) is 0 Å². The Kier molecular flexibility index (Phi) is 6.34. The van der Waals surface area contributed by atoms with Gasteiger partial charge in [-0.1, -0.05) is 42.8 Å². The third-order valence-electron chi connectivity index (χ3n) is 3.87. The summed E-state index contributed by atoms with van der Waals surface area (Å²) >= 11 is 5.70. The van der Waals surface area contributed by atoms with Crippen LogP contribution in [0.15, 0.2) is 47.5 Å². The molecule has 0 saturated carbocycles. The van der Waals surface area contributed by atoms with E-state index < -0.39 is 10.0 Å². The normalized spacial score (nSPS) is 13.2. The molecule has 1 N–H and O–H groups in total. The van der Waals surface area contributed by atoms with Gasteiger partial charge in [0, 0.05) is 18.8 Å². The summed E-state index contributed by atoms with van der Waals surface area (Å²) in [4.78, 5) is 5.91. The average molecular weight is 368 g/mol. The summed E-state index contributed by atoms with van der Waals surface area (Å²) in [6.45, 7) is 2.37. The van der Waals surface area contributed by atoms with Crippen molar-refractivity contribution in [2.24, 2.45) is 0 Å². The van der Waals surface area contributed by atoms with Crippen molar-refractivity contribution in [2.45, 2.75) is 24.3 Å². The van der Waals surface area contributed by atoms with Gasteiger partial charge in [0.05, 0.1) is 0 Å². The van der Waals surface area contributed by atoms with Crippen molar-refractivity contribution in [3.8, 4) is 0 Å². The van der Waals surface area contributed by atoms with Crippen LogP contribution in [0.4, 0.5) is 0 Å². The van der Waals surface area contributed by atoms with Crippen molar-refractivity contribution in [1.29, 1.82) is 0 Å². The van der Waals surface area contributed by atoms with Gasteiger partial charge in [0.1, 0.15) is 10.0 Å². The van der Waals surface area contributed by atoms with Crippen LogP contribution in [0.5, 0.6) is 0 Å². The zero-order valence-electron chi connectivity index (χ0n) is 14.0. The lowest BCUT2D eigenvalue weighted by molar-refractivity contribution is 0.299. The first-order valence-electron chi connectivity index (χ1n) is 7.70. The molecule has 1 atom stereocenters. The van der Waals surface area contributed by atoms with Crippen molar-refractivity contribution in [3.05, 3.63) is 58.9 Å². The molecule has 1 aromatic carbocycles. The van der Waals surface area contributed by atoms with Crippen LogP contribution in [0.2, 0.25) is 5.15 Å². The van der Waals surface area contributed by atoms with E-state index in [2.05, 4.69) is 28.8 Å². The molecule has 1 heterocycles. The van der Waals surface area contributed by atoms with E-state index >= 15 is 0 Å². The summed E-state index contributed by atoms with van der Waals surface area (Å²) < 4.78 is 27.4. The maximum atomic E-state index is 12.4. The summed E-state index contributed by atoms with van der Waals surface area (Å²) in [6, 6.07) is 11.1. The summed E-state index contributed by atoms with van der Waals surface area (Å²) in [7, 11) is 0.230. The van der Waals surface area contributed by atoms with Gasteiger partial charge in [-0.3, -0.25) is 0 Å². The number of likely N-dealkylation sites (N-methyl/N-ethyl adjacent to an activating group) is 1. The maximum Gasteiger partial charge on any atom is 0.242 e. The molecule has 0 amide bonds. The molecule has 5 nitrogen and oxygen atoms in total. The molecule has 1 aromatic heterocycles. The van der Waals surface area contributed by atoms with Gasteiger partial charge >= 0.3 is 0 Å². The average Bonchev–Trinajstić information content (AvgIpc) is 2.55. The highest BCUT2D eigenvalue weighted by Crippen LogP contribution is 2.19. The second-order valence-corrected chi connectivity index (χ2v) is 7.90. The lowest BCUT2D eigenvalue weighted by Crippen LogP contribution is -2.34. The SMILES string of the molecule is CCc1ccc(C(CNS(=O)(=O)c2ccc(Cl)nc2)N(C)C)cc1. The molecule has 0 bridgehead atoms. The van der Waals surface area contributed by atoms with Gasteiger partial charge in [0.15, 0.2) is 0 Å². The Morgan fingerprint density at radius 3 is 2.33 bits per heavy atom. The van der Waals surface area contributed by atoms with Crippen LogP contribution in [0.1, 0.15) is 24.1 Å². The molecule has 0 spiro atoms. The van der Waals surface area contributed by atoms with E-state index in [0.717, 1.165) is 12.0 Å². The molecule has 2 aromatic rings. The molecule has 2 rings (SSSR count). The van der Waals surface area contributed by atoms with Crippen molar-refractivity contribution >= 4 is 21.6 Å². The van der Waals surface area contributed by atoms with Crippen molar-refractivity contribution in [3.63, 3.8) is 0 Å². The number of sulfonamides is 1. The van der Waals surface area contributed by atoms with Gasteiger partial charge in [-0.15, -0.1) is 0 Å². The lowest BCUT2D eigenvalue weighted by atomic mass is 10.0. The molecule has 7 heteroatoms. The highest BCUT2D eigenvalue weighted by atomic mass is 35.5. The van der Waals surface area contributed by atoms with E-state index in [-0.39, 0.29) is 22.6 Å². The summed E-state index contributed by atoms with van der Waals surface area (Å²) in [5.41, 5.74) is 2.32. The Morgan fingerprint density at radius 2 is 1.83 bits per heavy atom. The summed E-state index contributed by atoms with van der Waals surface area (Å²) in [6.07, 6.45) is 2.23.